The number of hydrogen-bond donors (Lipinski definition) is 1. The van der Waals surface area contributed by atoms with Crippen LogP contribution in [0.3, 0.4) is 0 Å². The Morgan fingerprint density at radius 3 is 2.75 bits per heavy atom. The zero-order chi connectivity index (χ0) is 8.72. The van der Waals surface area contributed by atoms with Gasteiger partial charge in [-0.15, -0.1) is 0 Å². The first-order chi connectivity index (χ1) is 5.66. The highest BCUT2D eigenvalue weighted by molar-refractivity contribution is 5.35. The molecule has 0 fully saturated rings. The van der Waals surface area contributed by atoms with E-state index >= 15 is 0 Å². The first-order valence-electron chi connectivity index (χ1n) is 3.89. The van der Waals surface area contributed by atoms with E-state index in [1.807, 2.05) is 0 Å². The Bertz CT molecular complexity index is 323. The molecule has 0 saturated carbocycles. The zero-order valence-electron chi connectivity index (χ0n) is 6.48. The molecule has 1 aromatic carbocycles. The number of benzene rings is 1. The molecule has 2 N–H and O–H groups in total. The summed E-state index contributed by atoms with van der Waals surface area (Å²) in [5.74, 6) is -0.974. The number of hydrogen-bond acceptors (Lipinski definition) is 1. The molecule has 0 unspecified atom stereocenters. The Balaban J connectivity index is 2.52. The molecule has 1 aliphatic rings. The van der Waals surface area contributed by atoms with Crippen LogP contribution >= 0.6 is 0 Å². The quantitative estimate of drug-likeness (QED) is 0.624. The summed E-state index contributed by atoms with van der Waals surface area (Å²) in [7, 11) is 0. The molecule has 1 atom stereocenters. The molecule has 0 radical (unpaired) electrons. The maximum Gasteiger partial charge on any atom is 0.129 e. The van der Waals surface area contributed by atoms with E-state index in [9.17, 15) is 8.78 Å². The van der Waals surface area contributed by atoms with Crippen LogP contribution in [0.25, 0.3) is 0 Å². The largest absolute Gasteiger partial charge is 0.327 e. The highest BCUT2D eigenvalue weighted by Crippen LogP contribution is 2.24. The van der Waals surface area contributed by atoms with Gasteiger partial charge in [-0.05, 0) is 30.0 Å². The van der Waals surface area contributed by atoms with Gasteiger partial charge in [-0.25, -0.2) is 8.78 Å². The molecule has 64 valence electrons. The smallest absolute Gasteiger partial charge is 0.129 e. The summed E-state index contributed by atoms with van der Waals surface area (Å²) in [6, 6.07) is 2.23. The van der Waals surface area contributed by atoms with Gasteiger partial charge in [-0.3, -0.25) is 0 Å². The Hall–Kier alpha value is -0.960. The third-order valence-corrected chi connectivity index (χ3v) is 2.20. The Kier molecular flexibility index (Phi) is 1.61. The SMILES string of the molecule is N[C@H]1Cc2cc(F)cc(F)c2C1. The standard InChI is InChI=1S/C9H9F2N/c10-6-1-5-2-7(12)4-8(5)9(11)3-6/h1,3,7H,2,4,12H2/t7-/m0/s1. The van der Waals surface area contributed by atoms with Gasteiger partial charge in [0.05, 0.1) is 0 Å². The zero-order valence-corrected chi connectivity index (χ0v) is 6.48. The van der Waals surface area contributed by atoms with Crippen LogP contribution in [0.4, 0.5) is 8.78 Å². The van der Waals surface area contributed by atoms with Crippen LogP contribution in [0.15, 0.2) is 12.1 Å². The van der Waals surface area contributed by atoms with Crippen molar-refractivity contribution in [2.75, 3.05) is 0 Å². The van der Waals surface area contributed by atoms with Gasteiger partial charge in [0, 0.05) is 12.1 Å². The van der Waals surface area contributed by atoms with Crippen molar-refractivity contribution in [1.82, 2.24) is 0 Å². The lowest BCUT2D eigenvalue weighted by Gasteiger charge is -1.99. The summed E-state index contributed by atoms with van der Waals surface area (Å²) in [5, 5.41) is 0. The van der Waals surface area contributed by atoms with Gasteiger partial charge < -0.3 is 5.73 Å². The average molecular weight is 169 g/mol. The van der Waals surface area contributed by atoms with Gasteiger partial charge in [0.15, 0.2) is 0 Å². The highest BCUT2D eigenvalue weighted by atomic mass is 19.1. The molecule has 2 rings (SSSR count). The Morgan fingerprint density at radius 2 is 2.00 bits per heavy atom. The van der Waals surface area contributed by atoms with E-state index in [-0.39, 0.29) is 6.04 Å². The predicted octanol–water partition coefficient (Wildman–Crippen LogP) is 1.39. The summed E-state index contributed by atoms with van der Waals surface area (Å²) in [5.41, 5.74) is 6.92. The molecule has 0 heterocycles. The van der Waals surface area contributed by atoms with Gasteiger partial charge >= 0.3 is 0 Å². The molecule has 0 aliphatic heterocycles. The van der Waals surface area contributed by atoms with Crippen LogP contribution in [0, 0.1) is 11.6 Å². The van der Waals surface area contributed by atoms with Crippen molar-refractivity contribution in [3.05, 3.63) is 34.9 Å². The van der Waals surface area contributed by atoms with Crippen LogP contribution in [0.2, 0.25) is 0 Å². The summed E-state index contributed by atoms with van der Waals surface area (Å²) < 4.78 is 25.7. The summed E-state index contributed by atoms with van der Waals surface area (Å²) >= 11 is 0. The predicted molar refractivity (Wildman–Crippen MR) is 41.7 cm³/mol. The average Bonchev–Trinajstić information content (AvgIpc) is 2.29. The van der Waals surface area contributed by atoms with Crippen molar-refractivity contribution in [3.8, 4) is 0 Å². The normalized spacial score (nSPS) is 21.1. The minimum atomic E-state index is -0.514. The molecule has 1 aromatic rings. The Labute approximate surface area is 69.2 Å². The second-order valence-corrected chi connectivity index (χ2v) is 3.19. The molecule has 0 saturated heterocycles. The van der Waals surface area contributed by atoms with Crippen LogP contribution in [0.1, 0.15) is 11.1 Å². The minimum Gasteiger partial charge on any atom is -0.327 e. The maximum atomic E-state index is 13.0. The van der Waals surface area contributed by atoms with Gasteiger partial charge in [0.1, 0.15) is 11.6 Å². The second kappa shape index (κ2) is 2.52. The minimum absolute atomic E-state index is 0.0451. The van der Waals surface area contributed by atoms with Gasteiger partial charge in [-0.2, -0.15) is 0 Å². The topological polar surface area (TPSA) is 26.0 Å². The third-order valence-electron chi connectivity index (χ3n) is 2.20. The van der Waals surface area contributed by atoms with E-state index in [1.165, 1.54) is 6.07 Å². The summed E-state index contributed by atoms with van der Waals surface area (Å²) in [4.78, 5) is 0. The van der Waals surface area contributed by atoms with Gasteiger partial charge in [0.2, 0.25) is 0 Å². The fourth-order valence-electron chi connectivity index (χ4n) is 1.68. The lowest BCUT2D eigenvalue weighted by atomic mass is 10.1. The molecule has 12 heavy (non-hydrogen) atoms. The lowest BCUT2D eigenvalue weighted by Crippen LogP contribution is -2.19. The number of fused-ring (bicyclic) bond motifs is 1. The fourth-order valence-corrected chi connectivity index (χ4v) is 1.68. The molecular weight excluding hydrogens is 160 g/mol. The monoisotopic (exact) mass is 169 g/mol. The molecule has 0 aromatic heterocycles. The van der Waals surface area contributed by atoms with Crippen molar-refractivity contribution < 1.29 is 8.78 Å². The van der Waals surface area contributed by atoms with Crippen LogP contribution in [0.5, 0.6) is 0 Å². The van der Waals surface area contributed by atoms with E-state index < -0.39 is 11.6 Å². The lowest BCUT2D eigenvalue weighted by molar-refractivity contribution is 0.573. The van der Waals surface area contributed by atoms with E-state index in [2.05, 4.69) is 0 Å². The summed E-state index contributed by atoms with van der Waals surface area (Å²) in [6.45, 7) is 0. The van der Waals surface area contributed by atoms with Crippen molar-refractivity contribution in [2.24, 2.45) is 5.73 Å². The van der Waals surface area contributed by atoms with Crippen LogP contribution < -0.4 is 5.73 Å². The van der Waals surface area contributed by atoms with E-state index in [4.69, 9.17) is 5.73 Å². The number of halogens is 2. The first-order valence-corrected chi connectivity index (χ1v) is 3.89. The van der Waals surface area contributed by atoms with Gasteiger partial charge in [-0.1, -0.05) is 0 Å². The summed E-state index contributed by atoms with van der Waals surface area (Å²) in [6.07, 6.45) is 1.12. The molecule has 3 heteroatoms. The fraction of sp³-hybridized carbons (Fsp3) is 0.333. The first kappa shape index (κ1) is 7.68. The van der Waals surface area contributed by atoms with Gasteiger partial charge in [0.25, 0.3) is 0 Å². The highest BCUT2D eigenvalue weighted by Gasteiger charge is 2.22. The van der Waals surface area contributed by atoms with Crippen molar-refractivity contribution in [1.29, 1.82) is 0 Å². The Morgan fingerprint density at radius 1 is 1.25 bits per heavy atom. The molecular formula is C9H9F2N. The van der Waals surface area contributed by atoms with Crippen molar-refractivity contribution in [2.45, 2.75) is 18.9 Å². The molecule has 0 spiro atoms. The number of nitrogens with two attached hydrogens (primary N) is 1. The molecule has 1 aliphatic carbocycles. The van der Waals surface area contributed by atoms with E-state index in [0.717, 1.165) is 11.6 Å². The van der Waals surface area contributed by atoms with E-state index in [1.54, 1.807) is 0 Å². The second-order valence-electron chi connectivity index (χ2n) is 3.19. The molecule has 0 bridgehead atoms. The van der Waals surface area contributed by atoms with E-state index in [0.29, 0.717) is 18.4 Å². The van der Waals surface area contributed by atoms with Crippen LogP contribution in [-0.4, -0.2) is 6.04 Å². The van der Waals surface area contributed by atoms with Crippen LogP contribution in [-0.2, 0) is 12.8 Å². The molecule has 0 amide bonds. The number of rotatable bonds is 0. The van der Waals surface area contributed by atoms with Crippen molar-refractivity contribution in [3.63, 3.8) is 0 Å². The van der Waals surface area contributed by atoms with Crippen molar-refractivity contribution >= 4 is 0 Å². The third kappa shape index (κ3) is 1.10. The molecule has 1 nitrogen and oxygen atoms in total. The maximum absolute atomic E-state index is 13.0.